The summed E-state index contributed by atoms with van der Waals surface area (Å²) in [6, 6.07) is 13.8. The number of hydrogen-bond acceptors (Lipinski definition) is 6. The zero-order valence-corrected chi connectivity index (χ0v) is 23.0. The minimum Gasteiger partial charge on any atom is -0.497 e. The smallest absolute Gasteiger partial charge is 0.243 e. The van der Waals surface area contributed by atoms with Crippen LogP contribution >= 0.6 is 0 Å². The molecule has 0 fully saturated rings. The van der Waals surface area contributed by atoms with E-state index in [0.29, 0.717) is 5.75 Å². The van der Waals surface area contributed by atoms with Crippen LogP contribution in [0.15, 0.2) is 59.5 Å². The number of carbonyl (C=O) groups excluding carboxylic acids is 2. The number of nitrogens with one attached hydrogen (secondary N) is 2. The van der Waals surface area contributed by atoms with Gasteiger partial charge in [0.1, 0.15) is 11.8 Å². The molecular weight excluding hydrogens is 494 g/mol. The Morgan fingerprint density at radius 2 is 1.62 bits per heavy atom. The van der Waals surface area contributed by atoms with Crippen molar-refractivity contribution in [1.29, 1.82) is 0 Å². The number of ether oxygens (including phenoxy) is 1. The first-order valence-electron chi connectivity index (χ1n) is 12.4. The summed E-state index contributed by atoms with van der Waals surface area (Å²) in [5.41, 5.74) is 0.866. The lowest BCUT2D eigenvalue weighted by Gasteiger charge is -2.31. The summed E-state index contributed by atoms with van der Waals surface area (Å²) in [5.74, 6) is -0.247. The molecule has 10 heteroatoms. The normalized spacial score (nSPS) is 14.9. The van der Waals surface area contributed by atoms with Gasteiger partial charge in [-0.3, -0.25) is 9.59 Å². The predicted molar refractivity (Wildman–Crippen MR) is 143 cm³/mol. The molecule has 4 atom stereocenters. The van der Waals surface area contributed by atoms with Crippen LogP contribution in [0.25, 0.3) is 0 Å². The highest BCUT2D eigenvalue weighted by Crippen LogP contribution is 2.22. The van der Waals surface area contributed by atoms with E-state index in [1.807, 2.05) is 44.2 Å². The van der Waals surface area contributed by atoms with E-state index in [-0.39, 0.29) is 36.2 Å². The maximum atomic E-state index is 13.6. The first-order chi connectivity index (χ1) is 17.5. The molecule has 204 valence electrons. The van der Waals surface area contributed by atoms with Crippen molar-refractivity contribution in [3.05, 3.63) is 60.2 Å². The number of benzene rings is 2. The van der Waals surface area contributed by atoms with Gasteiger partial charge in [0.05, 0.1) is 24.2 Å². The van der Waals surface area contributed by atoms with Gasteiger partial charge in [-0.15, -0.1) is 0 Å². The largest absolute Gasteiger partial charge is 0.497 e. The Morgan fingerprint density at radius 1 is 1.00 bits per heavy atom. The molecule has 0 heterocycles. The van der Waals surface area contributed by atoms with Crippen LogP contribution in [-0.4, -0.2) is 68.0 Å². The third kappa shape index (κ3) is 9.14. The number of nitrogens with zero attached hydrogens (tertiary/aromatic N) is 1. The summed E-state index contributed by atoms with van der Waals surface area (Å²) in [5, 5.41) is 16.6. The van der Waals surface area contributed by atoms with E-state index in [4.69, 9.17) is 4.74 Å². The first-order valence-corrected chi connectivity index (χ1v) is 13.9. The summed E-state index contributed by atoms with van der Waals surface area (Å²) in [7, 11) is -2.44. The molecule has 2 aromatic carbocycles. The van der Waals surface area contributed by atoms with Gasteiger partial charge in [-0.05, 0) is 49.1 Å². The topological polar surface area (TPSA) is 125 Å². The number of sulfonamides is 1. The second kappa shape index (κ2) is 14.1. The first kappa shape index (κ1) is 30.3. The number of aliphatic hydroxyl groups excluding tert-OH is 1. The lowest BCUT2D eigenvalue weighted by molar-refractivity contribution is -0.128. The van der Waals surface area contributed by atoms with E-state index >= 15 is 0 Å². The van der Waals surface area contributed by atoms with Crippen LogP contribution in [0.4, 0.5) is 0 Å². The summed E-state index contributed by atoms with van der Waals surface area (Å²) in [6.45, 7) is 6.77. The molecule has 0 aliphatic rings. The summed E-state index contributed by atoms with van der Waals surface area (Å²) >= 11 is 0. The number of methoxy groups -OCH3 is 1. The van der Waals surface area contributed by atoms with Crippen molar-refractivity contribution in [2.45, 2.75) is 63.6 Å². The predicted octanol–water partition coefficient (Wildman–Crippen LogP) is 2.34. The highest BCUT2D eigenvalue weighted by molar-refractivity contribution is 7.89. The van der Waals surface area contributed by atoms with E-state index in [0.717, 1.165) is 12.0 Å². The number of carbonyl (C=O) groups is 2. The average molecular weight is 534 g/mol. The van der Waals surface area contributed by atoms with Gasteiger partial charge in [0.2, 0.25) is 21.8 Å². The molecule has 0 bridgehead atoms. The molecule has 0 aliphatic heterocycles. The maximum Gasteiger partial charge on any atom is 0.243 e. The number of rotatable bonds is 14. The van der Waals surface area contributed by atoms with Crippen LogP contribution in [-0.2, 0) is 26.0 Å². The van der Waals surface area contributed by atoms with Crippen LogP contribution in [0.1, 0.15) is 39.7 Å². The van der Waals surface area contributed by atoms with Gasteiger partial charge >= 0.3 is 0 Å². The lowest BCUT2D eigenvalue weighted by atomic mass is 10.00. The molecule has 0 spiro atoms. The average Bonchev–Trinajstić information content (AvgIpc) is 2.87. The van der Waals surface area contributed by atoms with E-state index in [9.17, 15) is 23.1 Å². The molecule has 0 radical (unpaired) electrons. The fraction of sp³-hybridized carbons (Fsp3) is 0.481. The number of amides is 2. The fourth-order valence-electron chi connectivity index (χ4n) is 3.81. The van der Waals surface area contributed by atoms with Crippen molar-refractivity contribution >= 4 is 21.8 Å². The van der Waals surface area contributed by atoms with Crippen LogP contribution in [0.5, 0.6) is 5.75 Å². The van der Waals surface area contributed by atoms with Crippen molar-refractivity contribution in [3.63, 3.8) is 0 Å². The highest BCUT2D eigenvalue weighted by Gasteiger charge is 2.32. The second-order valence-corrected chi connectivity index (χ2v) is 11.2. The van der Waals surface area contributed by atoms with Crippen LogP contribution in [0, 0.1) is 5.92 Å². The molecule has 0 unspecified atom stereocenters. The lowest BCUT2D eigenvalue weighted by Crippen LogP contribution is -2.54. The quantitative estimate of drug-likeness (QED) is 0.342. The molecule has 0 saturated heterocycles. The van der Waals surface area contributed by atoms with Crippen molar-refractivity contribution in [3.8, 4) is 5.75 Å². The van der Waals surface area contributed by atoms with E-state index in [2.05, 4.69) is 10.6 Å². The molecule has 2 rings (SSSR count). The second-order valence-electron chi connectivity index (χ2n) is 9.31. The van der Waals surface area contributed by atoms with Crippen LogP contribution < -0.4 is 15.4 Å². The Bertz CT molecular complexity index is 1110. The Kier molecular flexibility index (Phi) is 11.5. The minimum absolute atomic E-state index is 0.0437. The zero-order chi connectivity index (χ0) is 27.6. The maximum absolute atomic E-state index is 13.6. The Balaban J connectivity index is 2.34. The number of hydrogen-bond donors (Lipinski definition) is 3. The van der Waals surface area contributed by atoms with Gasteiger partial charge in [0.15, 0.2) is 0 Å². The minimum atomic E-state index is -3.95. The van der Waals surface area contributed by atoms with E-state index in [1.165, 1.54) is 30.5 Å². The van der Waals surface area contributed by atoms with Gasteiger partial charge in [-0.25, -0.2) is 8.42 Å². The zero-order valence-electron chi connectivity index (χ0n) is 22.2. The standard InChI is InChI=1S/C27H39N3O6S/c1-6-19(2)17-30(37(34,35)24-14-12-23(36-5)13-15-24)18-26(32)25(16-22-10-8-7-9-11-22)29-27(33)20(3)28-21(4)31/h7-15,19-20,25-26,32H,6,16-18H2,1-5H3,(H,28,31)(H,29,33)/t19-,20+,25-,26+/m0/s1. The molecule has 9 nitrogen and oxygen atoms in total. The van der Waals surface area contributed by atoms with E-state index in [1.54, 1.807) is 19.1 Å². The summed E-state index contributed by atoms with van der Waals surface area (Å²) < 4.78 is 33.6. The molecule has 2 aromatic rings. The fourth-order valence-corrected chi connectivity index (χ4v) is 5.39. The van der Waals surface area contributed by atoms with Gasteiger partial charge in [0.25, 0.3) is 0 Å². The third-order valence-corrected chi connectivity index (χ3v) is 8.05. The van der Waals surface area contributed by atoms with Gasteiger partial charge < -0.3 is 20.5 Å². The third-order valence-electron chi connectivity index (χ3n) is 6.20. The van der Waals surface area contributed by atoms with Crippen LogP contribution in [0.2, 0.25) is 0 Å². The van der Waals surface area contributed by atoms with Gasteiger partial charge in [-0.2, -0.15) is 4.31 Å². The van der Waals surface area contributed by atoms with Gasteiger partial charge in [0, 0.05) is 20.0 Å². The Labute approximate surface area is 220 Å². The monoisotopic (exact) mass is 533 g/mol. The Hall–Kier alpha value is -2.95. The van der Waals surface area contributed by atoms with Crippen molar-refractivity contribution < 1.29 is 27.9 Å². The molecule has 37 heavy (non-hydrogen) atoms. The molecule has 3 N–H and O–H groups in total. The molecular formula is C27H39N3O6S. The molecule has 2 amide bonds. The van der Waals surface area contributed by atoms with Crippen LogP contribution in [0.3, 0.4) is 0 Å². The number of aliphatic hydroxyl groups is 1. The summed E-state index contributed by atoms with van der Waals surface area (Å²) in [6.07, 6.45) is -0.186. The van der Waals surface area contributed by atoms with E-state index < -0.39 is 34.1 Å². The Morgan fingerprint density at radius 3 is 2.16 bits per heavy atom. The molecule has 0 aliphatic carbocycles. The summed E-state index contributed by atoms with van der Waals surface area (Å²) in [4.78, 5) is 24.3. The SMILES string of the molecule is CC[C@H](C)CN(C[C@@H](O)[C@H](Cc1ccccc1)NC(=O)[C@@H](C)NC(C)=O)S(=O)(=O)c1ccc(OC)cc1. The molecule has 0 saturated carbocycles. The van der Waals surface area contributed by atoms with Crippen molar-refractivity contribution in [1.82, 2.24) is 14.9 Å². The van der Waals surface area contributed by atoms with Gasteiger partial charge in [-0.1, -0.05) is 50.6 Å². The van der Waals surface area contributed by atoms with Crippen molar-refractivity contribution in [2.75, 3.05) is 20.2 Å². The highest BCUT2D eigenvalue weighted by atomic mass is 32.2. The van der Waals surface area contributed by atoms with Crippen molar-refractivity contribution in [2.24, 2.45) is 5.92 Å². The molecule has 0 aromatic heterocycles.